The third kappa shape index (κ3) is 2.07. The van der Waals surface area contributed by atoms with Crippen molar-refractivity contribution < 1.29 is 4.74 Å². The normalized spacial score (nSPS) is 36.0. The van der Waals surface area contributed by atoms with Crippen molar-refractivity contribution in [3.05, 3.63) is 0 Å². The quantitative estimate of drug-likeness (QED) is 0.623. The van der Waals surface area contributed by atoms with E-state index < -0.39 is 0 Å². The zero-order valence-corrected chi connectivity index (χ0v) is 9.22. The van der Waals surface area contributed by atoms with E-state index >= 15 is 0 Å². The zero-order valence-electron chi connectivity index (χ0n) is 7.59. The summed E-state index contributed by atoms with van der Waals surface area (Å²) in [7, 11) is 3.89. The molecule has 1 nitrogen and oxygen atoms in total. The lowest BCUT2D eigenvalue weighted by molar-refractivity contribution is 0.0462. The maximum atomic E-state index is 5.69. The van der Waals surface area contributed by atoms with E-state index in [1.165, 1.54) is 0 Å². The Balaban J connectivity index is 2.57. The summed E-state index contributed by atoms with van der Waals surface area (Å²) in [5, 5.41) is 0.634. The minimum absolute atomic E-state index is 0.292. The van der Waals surface area contributed by atoms with Gasteiger partial charge in [0.2, 0.25) is 0 Å². The molecule has 0 spiro atoms. The fourth-order valence-electron chi connectivity index (χ4n) is 1.38. The summed E-state index contributed by atoms with van der Waals surface area (Å²) >= 11 is 0. The molecule has 2 atom stereocenters. The largest absolute Gasteiger partial charge is 0.376 e. The highest BCUT2D eigenvalue weighted by atomic mass is 33.1. The van der Waals surface area contributed by atoms with Gasteiger partial charge in [-0.1, -0.05) is 21.6 Å². The molecule has 0 N–H and O–H groups in total. The van der Waals surface area contributed by atoms with Crippen molar-refractivity contribution in [3.8, 4) is 0 Å². The number of rotatable bonds is 2. The molecule has 0 radical (unpaired) electrons. The van der Waals surface area contributed by atoms with Gasteiger partial charge in [0.25, 0.3) is 0 Å². The number of ether oxygens (including phenoxy) is 1. The lowest BCUT2D eigenvalue weighted by Crippen LogP contribution is -2.36. The molecule has 1 fully saturated rings. The van der Waals surface area contributed by atoms with Crippen LogP contribution in [0, 0.1) is 0 Å². The van der Waals surface area contributed by atoms with E-state index in [0.717, 1.165) is 6.61 Å². The Morgan fingerprint density at radius 2 is 2.09 bits per heavy atom. The average molecular weight is 192 g/mol. The molecule has 0 aromatic rings. The van der Waals surface area contributed by atoms with Crippen LogP contribution in [-0.2, 0) is 4.74 Å². The number of hydrogen-bond acceptors (Lipinski definition) is 3. The van der Waals surface area contributed by atoms with Crippen LogP contribution in [0.5, 0.6) is 0 Å². The second kappa shape index (κ2) is 3.58. The van der Waals surface area contributed by atoms with Crippen molar-refractivity contribution >= 4 is 21.6 Å². The molecule has 1 saturated heterocycles. The van der Waals surface area contributed by atoms with Crippen LogP contribution in [0.2, 0.25) is 0 Å². The first-order valence-corrected chi connectivity index (χ1v) is 6.25. The lowest BCUT2D eigenvalue weighted by Gasteiger charge is -2.26. The van der Waals surface area contributed by atoms with E-state index in [2.05, 4.69) is 27.7 Å². The molecule has 0 aromatic carbocycles. The van der Waals surface area contributed by atoms with Gasteiger partial charge in [-0.05, 0) is 27.7 Å². The van der Waals surface area contributed by atoms with Crippen LogP contribution in [0.1, 0.15) is 27.7 Å². The fraction of sp³-hybridized carbons (Fsp3) is 1.00. The monoisotopic (exact) mass is 192 g/mol. The summed E-state index contributed by atoms with van der Waals surface area (Å²) in [6.07, 6.45) is 0.419. The topological polar surface area (TPSA) is 9.23 Å². The van der Waals surface area contributed by atoms with Gasteiger partial charge in [0.15, 0.2) is 0 Å². The molecule has 1 heterocycles. The molecule has 11 heavy (non-hydrogen) atoms. The standard InChI is InChI=1S/C8H16OS2/c1-5-9-7-6(2)10-11-8(7,3)4/h6-7H,5H2,1-4H3. The molecule has 1 aliphatic heterocycles. The average Bonchev–Trinajstić information content (AvgIpc) is 2.16. The Hall–Kier alpha value is 0.660. The first-order valence-electron chi connectivity index (χ1n) is 4.04. The van der Waals surface area contributed by atoms with Crippen LogP contribution in [0.3, 0.4) is 0 Å². The fourth-order valence-corrected chi connectivity index (χ4v) is 4.54. The second-order valence-electron chi connectivity index (χ2n) is 3.36. The van der Waals surface area contributed by atoms with Crippen LogP contribution >= 0.6 is 21.6 Å². The smallest absolute Gasteiger partial charge is 0.0848 e. The molecule has 0 saturated carbocycles. The van der Waals surface area contributed by atoms with Crippen molar-refractivity contribution in [1.29, 1.82) is 0 Å². The first-order chi connectivity index (χ1) is 5.08. The molecule has 0 bridgehead atoms. The van der Waals surface area contributed by atoms with E-state index in [1.807, 2.05) is 21.6 Å². The van der Waals surface area contributed by atoms with Crippen LogP contribution in [0.4, 0.5) is 0 Å². The van der Waals surface area contributed by atoms with Gasteiger partial charge in [-0.25, -0.2) is 0 Å². The SMILES string of the molecule is CCOC1C(C)SSC1(C)C. The van der Waals surface area contributed by atoms with E-state index in [9.17, 15) is 0 Å². The molecule has 1 rings (SSSR count). The second-order valence-corrected chi connectivity index (χ2v) is 6.60. The molecule has 0 aromatic heterocycles. The van der Waals surface area contributed by atoms with Crippen LogP contribution in [0.15, 0.2) is 0 Å². The molecular weight excluding hydrogens is 176 g/mol. The molecule has 66 valence electrons. The van der Waals surface area contributed by atoms with Crippen LogP contribution < -0.4 is 0 Å². The molecule has 0 aliphatic carbocycles. The van der Waals surface area contributed by atoms with Crippen molar-refractivity contribution in [2.24, 2.45) is 0 Å². The predicted molar refractivity (Wildman–Crippen MR) is 54.1 cm³/mol. The Morgan fingerprint density at radius 1 is 1.45 bits per heavy atom. The highest BCUT2D eigenvalue weighted by Gasteiger charge is 2.42. The molecule has 0 amide bonds. The first kappa shape index (κ1) is 9.75. The van der Waals surface area contributed by atoms with Crippen molar-refractivity contribution in [2.45, 2.75) is 43.8 Å². The van der Waals surface area contributed by atoms with Gasteiger partial charge in [-0.2, -0.15) is 0 Å². The van der Waals surface area contributed by atoms with E-state index in [-0.39, 0.29) is 0 Å². The van der Waals surface area contributed by atoms with E-state index in [4.69, 9.17) is 4.74 Å². The highest BCUT2D eigenvalue weighted by Crippen LogP contribution is 2.51. The van der Waals surface area contributed by atoms with Gasteiger partial charge < -0.3 is 4.74 Å². The van der Waals surface area contributed by atoms with E-state index in [0.29, 0.717) is 16.1 Å². The summed E-state index contributed by atoms with van der Waals surface area (Å²) in [6.45, 7) is 9.66. The Kier molecular flexibility index (Phi) is 3.18. The van der Waals surface area contributed by atoms with E-state index in [1.54, 1.807) is 0 Å². The summed E-state index contributed by atoms with van der Waals surface area (Å²) in [5.74, 6) is 0. The summed E-state index contributed by atoms with van der Waals surface area (Å²) in [4.78, 5) is 0. The van der Waals surface area contributed by atoms with Gasteiger partial charge in [0.05, 0.1) is 6.10 Å². The number of hydrogen-bond donors (Lipinski definition) is 0. The van der Waals surface area contributed by atoms with Gasteiger partial charge in [-0.15, -0.1) is 0 Å². The third-order valence-electron chi connectivity index (χ3n) is 1.87. The minimum atomic E-state index is 0.292. The minimum Gasteiger partial charge on any atom is -0.376 e. The molecule has 2 unspecified atom stereocenters. The molecule has 1 aliphatic rings. The zero-order chi connectivity index (χ0) is 8.48. The van der Waals surface area contributed by atoms with Gasteiger partial charge in [0.1, 0.15) is 0 Å². The van der Waals surface area contributed by atoms with Crippen molar-refractivity contribution in [1.82, 2.24) is 0 Å². The van der Waals surface area contributed by atoms with Crippen molar-refractivity contribution in [2.75, 3.05) is 6.61 Å². The van der Waals surface area contributed by atoms with Gasteiger partial charge in [0, 0.05) is 16.6 Å². The highest BCUT2D eigenvalue weighted by molar-refractivity contribution is 8.77. The Bertz CT molecular complexity index is 136. The maximum Gasteiger partial charge on any atom is 0.0848 e. The summed E-state index contributed by atoms with van der Waals surface area (Å²) < 4.78 is 5.98. The summed E-state index contributed by atoms with van der Waals surface area (Å²) in [6, 6.07) is 0. The molecule has 3 heteroatoms. The summed E-state index contributed by atoms with van der Waals surface area (Å²) in [5.41, 5.74) is 0. The Morgan fingerprint density at radius 3 is 2.45 bits per heavy atom. The Labute approximate surface area is 77.0 Å². The molecular formula is C8H16OS2. The van der Waals surface area contributed by atoms with Crippen LogP contribution in [0.25, 0.3) is 0 Å². The predicted octanol–water partition coefficient (Wildman–Crippen LogP) is 2.95. The van der Waals surface area contributed by atoms with Gasteiger partial charge in [-0.3, -0.25) is 0 Å². The van der Waals surface area contributed by atoms with Crippen molar-refractivity contribution in [3.63, 3.8) is 0 Å². The van der Waals surface area contributed by atoms with Crippen LogP contribution in [-0.4, -0.2) is 22.7 Å². The third-order valence-corrected chi connectivity index (χ3v) is 5.67. The maximum absolute atomic E-state index is 5.69. The lowest BCUT2D eigenvalue weighted by atomic mass is 10.0. The van der Waals surface area contributed by atoms with Gasteiger partial charge >= 0.3 is 0 Å².